The van der Waals surface area contributed by atoms with Crippen molar-refractivity contribution in [3.05, 3.63) is 41.2 Å². The Morgan fingerprint density at radius 3 is 2.27 bits per heavy atom. The molecule has 10 heteroatoms. The van der Waals surface area contributed by atoms with E-state index in [1.54, 1.807) is 4.90 Å². The number of hydrogen-bond donors (Lipinski definition) is 0. The van der Waals surface area contributed by atoms with Gasteiger partial charge in [-0.05, 0) is 17.0 Å². The third kappa shape index (κ3) is 5.54. The van der Waals surface area contributed by atoms with Crippen LogP contribution >= 0.6 is 11.8 Å². The van der Waals surface area contributed by atoms with Gasteiger partial charge in [-0.15, -0.1) is 10.2 Å². The van der Waals surface area contributed by atoms with Crippen LogP contribution in [-0.4, -0.2) is 62.4 Å². The fourth-order valence-electron chi connectivity index (χ4n) is 3.33. The average Bonchev–Trinajstić information content (AvgIpc) is 3.08. The van der Waals surface area contributed by atoms with E-state index in [9.17, 15) is 18.0 Å². The standard InChI is InChI=1S/C20H26F3N5OS/c1-14(2)16-6-4-15(5-7-16)12-27-8-10-28(11-9-27)17(29)13-30-19-25-24-18(26(19)3)20(21,22)23/h4-7,14H,8-13H2,1-3H3. The fraction of sp³-hybridized carbons (Fsp3) is 0.550. The molecule has 0 bridgehead atoms. The molecule has 1 saturated heterocycles. The molecular weight excluding hydrogens is 415 g/mol. The maximum Gasteiger partial charge on any atom is 0.451 e. The minimum Gasteiger partial charge on any atom is -0.339 e. The second kappa shape index (κ2) is 9.38. The molecule has 0 atom stereocenters. The van der Waals surface area contributed by atoms with Crippen molar-refractivity contribution < 1.29 is 18.0 Å². The number of alkyl halides is 3. The molecule has 3 rings (SSSR count). The lowest BCUT2D eigenvalue weighted by molar-refractivity contribution is -0.147. The molecule has 0 aliphatic carbocycles. The van der Waals surface area contributed by atoms with Gasteiger partial charge in [0.15, 0.2) is 5.16 Å². The maximum atomic E-state index is 12.8. The van der Waals surface area contributed by atoms with E-state index in [1.165, 1.54) is 18.2 Å². The monoisotopic (exact) mass is 441 g/mol. The predicted molar refractivity (Wildman–Crippen MR) is 109 cm³/mol. The van der Waals surface area contributed by atoms with Crippen LogP contribution in [0.5, 0.6) is 0 Å². The predicted octanol–water partition coefficient (Wildman–Crippen LogP) is 3.39. The van der Waals surface area contributed by atoms with Crippen molar-refractivity contribution in [3.63, 3.8) is 0 Å². The number of amides is 1. The highest BCUT2D eigenvalue weighted by Crippen LogP contribution is 2.29. The molecule has 0 unspecified atom stereocenters. The summed E-state index contributed by atoms with van der Waals surface area (Å²) in [5.41, 5.74) is 2.56. The Balaban J connectivity index is 1.46. The van der Waals surface area contributed by atoms with Gasteiger partial charge in [0, 0.05) is 39.8 Å². The SMILES string of the molecule is CC(C)c1ccc(CN2CCN(C(=O)CSc3nnc(C(F)(F)F)n3C)CC2)cc1. The number of carbonyl (C=O) groups is 1. The molecule has 1 fully saturated rings. The van der Waals surface area contributed by atoms with Gasteiger partial charge < -0.3 is 9.47 Å². The summed E-state index contributed by atoms with van der Waals surface area (Å²) >= 11 is 0.977. The summed E-state index contributed by atoms with van der Waals surface area (Å²) in [5, 5.41) is 6.81. The Kier molecular flexibility index (Phi) is 7.07. The Hall–Kier alpha value is -2.07. The van der Waals surface area contributed by atoms with Crippen LogP contribution < -0.4 is 0 Å². The van der Waals surface area contributed by atoms with Crippen LogP contribution in [0.25, 0.3) is 0 Å². The molecule has 6 nitrogen and oxygen atoms in total. The topological polar surface area (TPSA) is 54.3 Å². The van der Waals surface area contributed by atoms with Crippen LogP contribution in [0.1, 0.15) is 36.7 Å². The molecule has 2 aromatic rings. The first-order valence-electron chi connectivity index (χ1n) is 9.83. The number of carbonyl (C=O) groups excluding carboxylic acids is 1. The van der Waals surface area contributed by atoms with Crippen LogP contribution in [0.2, 0.25) is 0 Å². The van der Waals surface area contributed by atoms with Crippen molar-refractivity contribution in [2.75, 3.05) is 31.9 Å². The largest absolute Gasteiger partial charge is 0.451 e. The Morgan fingerprint density at radius 2 is 1.73 bits per heavy atom. The number of rotatable bonds is 6. The first-order chi connectivity index (χ1) is 14.1. The number of thioether (sulfide) groups is 1. The summed E-state index contributed by atoms with van der Waals surface area (Å²) in [5.74, 6) is -0.612. The number of nitrogens with zero attached hydrogens (tertiary/aromatic N) is 5. The van der Waals surface area contributed by atoms with Gasteiger partial charge in [-0.3, -0.25) is 9.69 Å². The van der Waals surface area contributed by atoms with Gasteiger partial charge >= 0.3 is 6.18 Å². The van der Waals surface area contributed by atoms with Gasteiger partial charge in [0.1, 0.15) is 0 Å². The van der Waals surface area contributed by atoms with E-state index in [2.05, 4.69) is 53.2 Å². The van der Waals surface area contributed by atoms with E-state index < -0.39 is 12.0 Å². The molecule has 1 aliphatic heterocycles. The first kappa shape index (κ1) is 22.6. The van der Waals surface area contributed by atoms with Crippen molar-refractivity contribution in [1.29, 1.82) is 0 Å². The van der Waals surface area contributed by atoms with Gasteiger partial charge in [0.2, 0.25) is 11.7 Å². The van der Waals surface area contributed by atoms with Gasteiger partial charge in [0.05, 0.1) is 5.75 Å². The Morgan fingerprint density at radius 1 is 1.10 bits per heavy atom. The zero-order valence-corrected chi connectivity index (χ0v) is 18.1. The molecular formula is C20H26F3N5OS. The van der Waals surface area contributed by atoms with E-state index >= 15 is 0 Å². The summed E-state index contributed by atoms with van der Waals surface area (Å²) in [6, 6.07) is 8.63. The van der Waals surface area contributed by atoms with Gasteiger partial charge in [0.25, 0.3) is 0 Å². The quantitative estimate of drug-likeness (QED) is 0.644. The van der Waals surface area contributed by atoms with Crippen molar-refractivity contribution in [2.24, 2.45) is 7.05 Å². The second-order valence-electron chi connectivity index (χ2n) is 7.70. The maximum absolute atomic E-state index is 12.8. The van der Waals surface area contributed by atoms with Crippen molar-refractivity contribution >= 4 is 17.7 Å². The smallest absolute Gasteiger partial charge is 0.339 e. The third-order valence-electron chi connectivity index (χ3n) is 5.19. The summed E-state index contributed by atoms with van der Waals surface area (Å²) in [7, 11) is 1.25. The van der Waals surface area contributed by atoms with Crippen LogP contribution in [0.15, 0.2) is 29.4 Å². The molecule has 1 aromatic carbocycles. The molecule has 0 radical (unpaired) electrons. The summed E-state index contributed by atoms with van der Waals surface area (Å²) in [6.45, 7) is 7.93. The molecule has 1 aliphatic rings. The number of halogens is 3. The molecule has 164 valence electrons. The van der Waals surface area contributed by atoms with Crippen LogP contribution in [0.3, 0.4) is 0 Å². The molecule has 0 spiro atoms. The van der Waals surface area contributed by atoms with E-state index in [1.807, 2.05) is 0 Å². The second-order valence-corrected chi connectivity index (χ2v) is 8.65. The van der Waals surface area contributed by atoms with Crippen molar-refractivity contribution in [3.8, 4) is 0 Å². The lowest BCUT2D eigenvalue weighted by Gasteiger charge is -2.34. The highest BCUT2D eigenvalue weighted by atomic mass is 32.2. The Bertz CT molecular complexity index is 858. The average molecular weight is 442 g/mol. The van der Waals surface area contributed by atoms with Crippen molar-refractivity contribution in [1.82, 2.24) is 24.6 Å². The lowest BCUT2D eigenvalue weighted by Crippen LogP contribution is -2.48. The number of aromatic nitrogens is 3. The van der Waals surface area contributed by atoms with Gasteiger partial charge in [-0.2, -0.15) is 13.2 Å². The highest BCUT2D eigenvalue weighted by molar-refractivity contribution is 7.99. The zero-order valence-electron chi connectivity index (χ0n) is 17.3. The van der Waals surface area contributed by atoms with Crippen LogP contribution in [-0.2, 0) is 24.6 Å². The van der Waals surface area contributed by atoms with E-state index in [0.717, 1.165) is 36.0 Å². The molecule has 30 heavy (non-hydrogen) atoms. The number of hydrogen-bond acceptors (Lipinski definition) is 5. The van der Waals surface area contributed by atoms with Gasteiger partial charge in [-0.25, -0.2) is 0 Å². The van der Waals surface area contributed by atoms with Crippen molar-refractivity contribution in [2.45, 2.75) is 37.6 Å². The first-order valence-corrected chi connectivity index (χ1v) is 10.8. The minimum atomic E-state index is -4.56. The van der Waals surface area contributed by atoms with E-state index in [0.29, 0.717) is 19.0 Å². The molecule has 0 N–H and O–H groups in total. The van der Waals surface area contributed by atoms with E-state index in [4.69, 9.17) is 0 Å². The molecule has 2 heterocycles. The molecule has 0 saturated carbocycles. The number of piperazine rings is 1. The fourth-order valence-corrected chi connectivity index (χ4v) is 4.14. The minimum absolute atomic E-state index is 0.0422. The molecule has 1 amide bonds. The Labute approximate surface area is 178 Å². The highest BCUT2D eigenvalue weighted by Gasteiger charge is 2.37. The zero-order chi connectivity index (χ0) is 21.9. The lowest BCUT2D eigenvalue weighted by atomic mass is 10.0. The van der Waals surface area contributed by atoms with E-state index in [-0.39, 0.29) is 16.8 Å². The normalized spacial score (nSPS) is 15.8. The summed E-state index contributed by atoms with van der Waals surface area (Å²) < 4.78 is 39.2. The number of benzene rings is 1. The van der Waals surface area contributed by atoms with Gasteiger partial charge in [-0.1, -0.05) is 49.9 Å². The summed E-state index contributed by atoms with van der Waals surface area (Å²) in [4.78, 5) is 16.5. The molecule has 1 aromatic heterocycles. The van der Waals surface area contributed by atoms with Crippen LogP contribution in [0.4, 0.5) is 13.2 Å². The van der Waals surface area contributed by atoms with Crippen LogP contribution in [0, 0.1) is 0 Å². The third-order valence-corrected chi connectivity index (χ3v) is 6.20. The summed E-state index contributed by atoms with van der Waals surface area (Å²) in [6.07, 6.45) is -4.56.